The molecule has 12 aromatic rings. The molecule has 12 rings (SSSR count). The molecule has 0 bridgehead atoms. The largest absolute Gasteiger partial charge is 0.455 e. The molecular weight excluding hydrogens is 697 g/mol. The minimum absolute atomic E-state index is 0.647. The van der Waals surface area contributed by atoms with E-state index in [1.807, 2.05) is 12.1 Å². The molecule has 0 N–H and O–H groups in total. The minimum atomic E-state index is 0.647. The van der Waals surface area contributed by atoms with Crippen LogP contribution < -0.4 is 0 Å². The fourth-order valence-electron chi connectivity index (χ4n) is 8.86. The van der Waals surface area contributed by atoms with E-state index in [1.54, 1.807) is 0 Å². The molecule has 8 aromatic carbocycles. The van der Waals surface area contributed by atoms with E-state index in [-0.39, 0.29) is 0 Å². The molecule has 0 fully saturated rings. The highest BCUT2D eigenvalue weighted by atomic mass is 16.3. The molecule has 0 saturated carbocycles. The molecule has 0 amide bonds. The number of hydrogen-bond acceptors (Lipinski definition) is 3. The van der Waals surface area contributed by atoms with E-state index in [2.05, 4.69) is 191 Å². The zero-order valence-corrected chi connectivity index (χ0v) is 30.7. The van der Waals surface area contributed by atoms with Crippen LogP contribution in [0.25, 0.3) is 111 Å². The van der Waals surface area contributed by atoms with Crippen molar-refractivity contribution in [3.05, 3.63) is 194 Å². The summed E-state index contributed by atoms with van der Waals surface area (Å²) in [6.45, 7) is 0. The molecule has 0 atom stereocenters. The first-order chi connectivity index (χ1) is 28.3. The van der Waals surface area contributed by atoms with Crippen LogP contribution in [0, 0.1) is 0 Å². The zero-order valence-electron chi connectivity index (χ0n) is 30.7. The average Bonchev–Trinajstić information content (AvgIpc) is 3.94. The Morgan fingerprint density at radius 3 is 1.81 bits per heavy atom. The van der Waals surface area contributed by atoms with E-state index in [0.29, 0.717) is 5.82 Å². The van der Waals surface area contributed by atoms with Crippen molar-refractivity contribution in [3.8, 4) is 45.1 Å². The maximum atomic E-state index is 6.70. The summed E-state index contributed by atoms with van der Waals surface area (Å²) in [6, 6.07) is 68.2. The van der Waals surface area contributed by atoms with E-state index in [9.17, 15) is 0 Å². The molecule has 0 aliphatic carbocycles. The van der Waals surface area contributed by atoms with Crippen LogP contribution in [0.5, 0.6) is 0 Å². The van der Waals surface area contributed by atoms with Crippen LogP contribution >= 0.6 is 0 Å². The predicted octanol–water partition coefficient (Wildman–Crippen LogP) is 13.6. The smallest absolute Gasteiger partial charge is 0.162 e. The van der Waals surface area contributed by atoms with Gasteiger partial charge in [-0.05, 0) is 71.8 Å². The van der Waals surface area contributed by atoms with Gasteiger partial charge in [-0.1, -0.05) is 133 Å². The summed E-state index contributed by atoms with van der Waals surface area (Å²) in [6.07, 6.45) is 0. The number of fused-ring (bicyclic) bond motifs is 9. The first-order valence-electron chi connectivity index (χ1n) is 19.3. The van der Waals surface area contributed by atoms with Gasteiger partial charge in [0, 0.05) is 49.4 Å². The average molecular weight is 729 g/mol. The lowest BCUT2D eigenvalue weighted by molar-refractivity contribution is 0.670. The quantitative estimate of drug-likeness (QED) is 0.177. The van der Waals surface area contributed by atoms with Gasteiger partial charge < -0.3 is 8.98 Å². The van der Waals surface area contributed by atoms with Crippen LogP contribution in [0.15, 0.2) is 199 Å². The van der Waals surface area contributed by atoms with E-state index in [4.69, 9.17) is 14.4 Å². The summed E-state index contributed by atoms with van der Waals surface area (Å²) in [4.78, 5) is 11.2. The fourth-order valence-corrected chi connectivity index (χ4v) is 8.86. The van der Waals surface area contributed by atoms with Gasteiger partial charge in [0.2, 0.25) is 0 Å². The van der Waals surface area contributed by atoms with Crippen molar-refractivity contribution in [1.82, 2.24) is 19.1 Å². The molecule has 4 heterocycles. The normalized spacial score (nSPS) is 11.9. The Hall–Kier alpha value is -7.76. The van der Waals surface area contributed by atoms with Gasteiger partial charge in [-0.2, -0.15) is 0 Å². The van der Waals surface area contributed by atoms with Crippen LogP contribution in [0.1, 0.15) is 0 Å². The Morgan fingerprint density at radius 2 is 1.00 bits per heavy atom. The Kier molecular flexibility index (Phi) is 6.86. The highest BCUT2D eigenvalue weighted by Gasteiger charge is 2.25. The van der Waals surface area contributed by atoms with Gasteiger partial charge in [-0.15, -0.1) is 0 Å². The lowest BCUT2D eigenvalue weighted by Gasteiger charge is -2.12. The highest BCUT2D eigenvalue weighted by molar-refractivity contribution is 6.20. The van der Waals surface area contributed by atoms with Crippen molar-refractivity contribution in [3.63, 3.8) is 0 Å². The van der Waals surface area contributed by atoms with Crippen molar-refractivity contribution >= 4 is 65.7 Å². The molecule has 57 heavy (non-hydrogen) atoms. The lowest BCUT2D eigenvalue weighted by Crippen LogP contribution is -2.00. The summed E-state index contributed by atoms with van der Waals surface area (Å²) >= 11 is 0. The van der Waals surface area contributed by atoms with E-state index >= 15 is 0 Å². The molecule has 0 aliphatic rings. The van der Waals surface area contributed by atoms with Crippen molar-refractivity contribution in [2.24, 2.45) is 0 Å². The minimum Gasteiger partial charge on any atom is -0.455 e. The molecule has 5 nitrogen and oxygen atoms in total. The second-order valence-corrected chi connectivity index (χ2v) is 14.5. The molecule has 266 valence electrons. The molecule has 0 spiro atoms. The van der Waals surface area contributed by atoms with E-state index in [1.165, 1.54) is 5.56 Å². The number of rotatable bonds is 5. The molecule has 0 radical (unpaired) electrons. The monoisotopic (exact) mass is 728 g/mol. The Balaban J connectivity index is 1.24. The summed E-state index contributed by atoms with van der Waals surface area (Å²) < 4.78 is 11.3. The van der Waals surface area contributed by atoms with Crippen molar-refractivity contribution < 1.29 is 4.42 Å². The van der Waals surface area contributed by atoms with Crippen LogP contribution in [-0.2, 0) is 0 Å². The molecule has 5 heteroatoms. The van der Waals surface area contributed by atoms with Gasteiger partial charge in [0.05, 0.1) is 27.6 Å². The number of hydrogen-bond donors (Lipinski definition) is 0. The maximum absolute atomic E-state index is 6.70. The highest BCUT2D eigenvalue weighted by Crippen LogP contribution is 2.44. The van der Waals surface area contributed by atoms with Crippen LogP contribution in [0.2, 0.25) is 0 Å². The van der Waals surface area contributed by atoms with Crippen LogP contribution in [-0.4, -0.2) is 19.1 Å². The van der Waals surface area contributed by atoms with Crippen LogP contribution in [0.3, 0.4) is 0 Å². The van der Waals surface area contributed by atoms with E-state index < -0.39 is 0 Å². The number of aromatic nitrogens is 4. The van der Waals surface area contributed by atoms with Crippen molar-refractivity contribution in [2.75, 3.05) is 0 Å². The third-order valence-corrected chi connectivity index (χ3v) is 11.3. The summed E-state index contributed by atoms with van der Waals surface area (Å²) in [5.74, 6) is 0.647. The Bertz CT molecular complexity index is 3510. The predicted molar refractivity (Wildman–Crippen MR) is 234 cm³/mol. The van der Waals surface area contributed by atoms with Gasteiger partial charge in [0.25, 0.3) is 0 Å². The lowest BCUT2D eigenvalue weighted by atomic mass is 10.00. The van der Waals surface area contributed by atoms with Crippen LogP contribution in [0.4, 0.5) is 0 Å². The Morgan fingerprint density at radius 1 is 0.386 bits per heavy atom. The molecule has 0 aliphatic heterocycles. The number of para-hydroxylation sites is 5. The third kappa shape index (κ3) is 4.76. The summed E-state index contributed by atoms with van der Waals surface area (Å²) in [5.41, 5.74) is 13.0. The summed E-state index contributed by atoms with van der Waals surface area (Å²) in [7, 11) is 0. The first kappa shape index (κ1) is 31.6. The zero-order chi connectivity index (χ0) is 37.5. The van der Waals surface area contributed by atoms with Crippen molar-refractivity contribution in [1.29, 1.82) is 0 Å². The molecular formula is C52H32N4O. The Labute approximate surface area is 327 Å². The molecule has 0 saturated heterocycles. The molecule has 4 aromatic heterocycles. The third-order valence-electron chi connectivity index (χ3n) is 11.3. The SMILES string of the molecule is c1ccc(-c2ccc3c(c2)c2c(-c4nc(-c5cccc6c5oc5ccccc56)c5c6ccccc6n(-c6ccccc6)c5n4)cccc2n3-c2ccccc2)cc1. The first-order valence-corrected chi connectivity index (χ1v) is 19.3. The topological polar surface area (TPSA) is 48.8 Å². The van der Waals surface area contributed by atoms with Gasteiger partial charge in [-0.3, -0.25) is 4.57 Å². The molecule has 0 unspecified atom stereocenters. The second-order valence-electron chi connectivity index (χ2n) is 14.5. The summed E-state index contributed by atoms with van der Waals surface area (Å²) in [5, 5.41) is 6.44. The van der Waals surface area contributed by atoms with Gasteiger partial charge >= 0.3 is 0 Å². The van der Waals surface area contributed by atoms with Gasteiger partial charge in [0.15, 0.2) is 5.82 Å². The standard InChI is InChI=1S/C52H32N4O/c1-4-16-33(17-5-1)34-30-31-44-42(32-34)47-40(25-15-28-45(47)55(44)35-18-6-2-7-19-35)51-53-49(41-26-14-24-38-37-22-11-13-29-46(37)57-50(38)41)48-39-23-10-12-27-43(39)56(52(48)54-51)36-20-8-3-9-21-36/h1-32H. The maximum Gasteiger partial charge on any atom is 0.162 e. The second kappa shape index (κ2) is 12.4. The van der Waals surface area contributed by atoms with E-state index in [0.717, 1.165) is 99.4 Å². The van der Waals surface area contributed by atoms with Crippen molar-refractivity contribution in [2.45, 2.75) is 0 Å². The number of nitrogens with zero attached hydrogens (tertiary/aromatic N) is 4. The van der Waals surface area contributed by atoms with Gasteiger partial charge in [-0.25, -0.2) is 9.97 Å². The van der Waals surface area contributed by atoms with Gasteiger partial charge in [0.1, 0.15) is 16.8 Å². The fraction of sp³-hybridized carbons (Fsp3) is 0. The number of furan rings is 1. The number of benzene rings is 8.